The SMILES string of the molecule is Cc1ccc(NCc2ccc(Cl)o2)nc1.Cl. The van der Waals surface area contributed by atoms with Crippen molar-refractivity contribution < 1.29 is 4.42 Å². The molecule has 16 heavy (non-hydrogen) atoms. The first-order valence-corrected chi connectivity index (χ1v) is 5.02. The molecule has 0 aliphatic rings. The smallest absolute Gasteiger partial charge is 0.193 e. The Kier molecular flexibility index (Phi) is 4.65. The summed E-state index contributed by atoms with van der Waals surface area (Å²) in [4.78, 5) is 4.21. The van der Waals surface area contributed by atoms with Crippen LogP contribution in [0.2, 0.25) is 5.22 Å². The minimum absolute atomic E-state index is 0. The van der Waals surface area contributed by atoms with Gasteiger partial charge in [-0.1, -0.05) is 6.07 Å². The van der Waals surface area contributed by atoms with Gasteiger partial charge in [0, 0.05) is 6.20 Å². The molecule has 2 aromatic rings. The van der Waals surface area contributed by atoms with Gasteiger partial charge in [-0.25, -0.2) is 4.98 Å². The first-order valence-electron chi connectivity index (χ1n) is 4.65. The van der Waals surface area contributed by atoms with Crippen LogP contribution in [0.3, 0.4) is 0 Å². The maximum absolute atomic E-state index is 5.65. The largest absolute Gasteiger partial charge is 0.448 e. The summed E-state index contributed by atoms with van der Waals surface area (Å²) in [6.45, 7) is 2.59. The lowest BCUT2D eigenvalue weighted by atomic mass is 10.3. The predicted molar refractivity (Wildman–Crippen MR) is 67.3 cm³/mol. The van der Waals surface area contributed by atoms with Gasteiger partial charge in [-0.15, -0.1) is 12.4 Å². The lowest BCUT2D eigenvalue weighted by Gasteiger charge is -2.02. The van der Waals surface area contributed by atoms with Gasteiger partial charge >= 0.3 is 0 Å². The zero-order valence-corrected chi connectivity index (χ0v) is 10.3. The van der Waals surface area contributed by atoms with Crippen LogP contribution in [0.25, 0.3) is 0 Å². The second-order valence-corrected chi connectivity index (χ2v) is 3.65. The highest BCUT2D eigenvalue weighted by molar-refractivity contribution is 6.28. The second-order valence-electron chi connectivity index (χ2n) is 3.28. The van der Waals surface area contributed by atoms with E-state index in [1.807, 2.05) is 31.3 Å². The Balaban J connectivity index is 0.00000128. The fourth-order valence-electron chi connectivity index (χ4n) is 1.20. The van der Waals surface area contributed by atoms with Crippen LogP contribution in [-0.2, 0) is 6.54 Å². The van der Waals surface area contributed by atoms with Crippen molar-refractivity contribution in [1.29, 1.82) is 0 Å². The number of nitrogens with one attached hydrogen (secondary N) is 1. The Bertz CT molecular complexity index is 440. The molecule has 0 aliphatic heterocycles. The minimum Gasteiger partial charge on any atom is -0.448 e. The van der Waals surface area contributed by atoms with E-state index >= 15 is 0 Å². The van der Waals surface area contributed by atoms with E-state index < -0.39 is 0 Å². The molecule has 0 saturated carbocycles. The summed E-state index contributed by atoms with van der Waals surface area (Å²) >= 11 is 5.65. The van der Waals surface area contributed by atoms with E-state index in [0.29, 0.717) is 11.8 Å². The fourth-order valence-corrected chi connectivity index (χ4v) is 1.36. The van der Waals surface area contributed by atoms with Crippen LogP contribution in [0.4, 0.5) is 5.82 Å². The van der Waals surface area contributed by atoms with E-state index in [4.69, 9.17) is 16.0 Å². The van der Waals surface area contributed by atoms with Crippen LogP contribution in [0, 0.1) is 6.92 Å². The van der Waals surface area contributed by atoms with E-state index in [0.717, 1.165) is 17.1 Å². The minimum atomic E-state index is 0. The Morgan fingerprint density at radius 1 is 1.31 bits per heavy atom. The van der Waals surface area contributed by atoms with Crippen molar-refractivity contribution in [1.82, 2.24) is 4.98 Å². The van der Waals surface area contributed by atoms with Crippen molar-refractivity contribution in [3.8, 4) is 0 Å². The number of halogens is 2. The van der Waals surface area contributed by atoms with Crippen LogP contribution in [0.15, 0.2) is 34.9 Å². The number of furan rings is 1. The van der Waals surface area contributed by atoms with Crippen LogP contribution in [-0.4, -0.2) is 4.98 Å². The second kappa shape index (κ2) is 5.77. The van der Waals surface area contributed by atoms with Gasteiger partial charge in [0.1, 0.15) is 11.6 Å². The van der Waals surface area contributed by atoms with Crippen LogP contribution >= 0.6 is 24.0 Å². The maximum Gasteiger partial charge on any atom is 0.193 e. The summed E-state index contributed by atoms with van der Waals surface area (Å²) < 4.78 is 5.20. The molecule has 0 aliphatic carbocycles. The number of hydrogen-bond donors (Lipinski definition) is 1. The topological polar surface area (TPSA) is 38.1 Å². The van der Waals surface area contributed by atoms with Gasteiger partial charge in [0.15, 0.2) is 5.22 Å². The first-order chi connectivity index (χ1) is 7.24. The highest BCUT2D eigenvalue weighted by Gasteiger charge is 1.99. The highest BCUT2D eigenvalue weighted by Crippen LogP contribution is 2.14. The van der Waals surface area contributed by atoms with Gasteiger partial charge < -0.3 is 9.73 Å². The number of rotatable bonds is 3. The third-order valence-corrected chi connectivity index (χ3v) is 2.19. The van der Waals surface area contributed by atoms with Crippen molar-refractivity contribution in [2.75, 3.05) is 5.32 Å². The van der Waals surface area contributed by atoms with Gasteiger partial charge in [-0.2, -0.15) is 0 Å². The Hall–Kier alpha value is -1.19. The average molecular weight is 259 g/mol. The molecule has 0 spiro atoms. The van der Waals surface area contributed by atoms with Crippen LogP contribution in [0.1, 0.15) is 11.3 Å². The van der Waals surface area contributed by atoms with Gasteiger partial charge in [-0.05, 0) is 42.3 Å². The van der Waals surface area contributed by atoms with E-state index in [2.05, 4.69) is 10.3 Å². The molecule has 2 heterocycles. The molecule has 3 nitrogen and oxygen atoms in total. The third kappa shape index (κ3) is 3.43. The normalized spacial score (nSPS) is 9.62. The highest BCUT2D eigenvalue weighted by atomic mass is 35.5. The fraction of sp³-hybridized carbons (Fsp3) is 0.182. The summed E-state index contributed by atoms with van der Waals surface area (Å²) in [7, 11) is 0. The summed E-state index contributed by atoms with van der Waals surface area (Å²) in [6.07, 6.45) is 1.82. The summed E-state index contributed by atoms with van der Waals surface area (Å²) in [6, 6.07) is 7.50. The van der Waals surface area contributed by atoms with E-state index in [-0.39, 0.29) is 12.4 Å². The molecule has 0 fully saturated rings. The molecule has 0 bridgehead atoms. The Morgan fingerprint density at radius 2 is 2.12 bits per heavy atom. The van der Waals surface area contributed by atoms with Crippen molar-refractivity contribution in [2.24, 2.45) is 0 Å². The molecule has 5 heteroatoms. The third-order valence-electron chi connectivity index (χ3n) is 1.98. The standard InChI is InChI=1S/C11H11ClN2O.ClH/c1-8-2-5-11(13-6-8)14-7-9-3-4-10(12)15-9;/h2-6H,7H2,1H3,(H,13,14);1H. The van der Waals surface area contributed by atoms with Crippen LogP contribution in [0.5, 0.6) is 0 Å². The number of hydrogen-bond acceptors (Lipinski definition) is 3. The van der Waals surface area contributed by atoms with Gasteiger partial charge in [0.2, 0.25) is 0 Å². The lowest BCUT2D eigenvalue weighted by molar-refractivity contribution is 0.519. The molecule has 0 radical (unpaired) electrons. The zero-order chi connectivity index (χ0) is 10.7. The zero-order valence-electron chi connectivity index (χ0n) is 8.74. The summed E-state index contributed by atoms with van der Waals surface area (Å²) in [5, 5.41) is 3.54. The molecule has 1 N–H and O–H groups in total. The molecular formula is C11H12Cl2N2O. The number of pyridine rings is 1. The predicted octanol–water partition coefficient (Wildman–Crippen LogP) is 3.67. The van der Waals surface area contributed by atoms with Gasteiger partial charge in [-0.3, -0.25) is 0 Å². The molecular weight excluding hydrogens is 247 g/mol. The van der Waals surface area contributed by atoms with Crippen molar-refractivity contribution in [2.45, 2.75) is 13.5 Å². The van der Waals surface area contributed by atoms with Crippen molar-refractivity contribution in [3.05, 3.63) is 47.0 Å². The maximum atomic E-state index is 5.65. The molecule has 0 atom stereocenters. The Morgan fingerprint density at radius 3 is 2.69 bits per heavy atom. The molecule has 0 aromatic carbocycles. The quantitative estimate of drug-likeness (QED) is 0.913. The molecule has 2 rings (SSSR count). The molecule has 86 valence electrons. The van der Waals surface area contributed by atoms with E-state index in [9.17, 15) is 0 Å². The molecule has 0 unspecified atom stereocenters. The van der Waals surface area contributed by atoms with Gasteiger partial charge in [0.25, 0.3) is 0 Å². The summed E-state index contributed by atoms with van der Waals surface area (Å²) in [5.41, 5.74) is 1.14. The van der Waals surface area contributed by atoms with Crippen molar-refractivity contribution in [3.63, 3.8) is 0 Å². The van der Waals surface area contributed by atoms with Crippen LogP contribution < -0.4 is 5.32 Å². The molecule has 0 amide bonds. The monoisotopic (exact) mass is 258 g/mol. The van der Waals surface area contributed by atoms with E-state index in [1.165, 1.54) is 0 Å². The van der Waals surface area contributed by atoms with Crippen molar-refractivity contribution >= 4 is 29.8 Å². The summed E-state index contributed by atoms with van der Waals surface area (Å²) in [5.74, 6) is 1.62. The first kappa shape index (κ1) is 12.9. The van der Waals surface area contributed by atoms with E-state index in [1.54, 1.807) is 6.07 Å². The molecule has 2 aromatic heterocycles. The number of aryl methyl sites for hydroxylation is 1. The lowest BCUT2D eigenvalue weighted by Crippen LogP contribution is -1.99. The van der Waals surface area contributed by atoms with Gasteiger partial charge in [0.05, 0.1) is 6.54 Å². The number of nitrogens with zero attached hydrogens (tertiary/aromatic N) is 1. The molecule has 0 saturated heterocycles. The Labute approximate surface area is 105 Å². The average Bonchev–Trinajstić information content (AvgIpc) is 2.64. The number of aromatic nitrogens is 1. The number of anilines is 1.